The summed E-state index contributed by atoms with van der Waals surface area (Å²) < 4.78 is 4.40. The number of carbonyl (C=O) groups is 1. The summed E-state index contributed by atoms with van der Waals surface area (Å²) in [6.07, 6.45) is 1.59. The third-order valence-corrected chi connectivity index (χ3v) is 3.50. The number of nitrogens with zero attached hydrogens (tertiary/aromatic N) is 3. The van der Waals surface area contributed by atoms with Crippen LogP contribution in [0.4, 0.5) is 5.82 Å². The van der Waals surface area contributed by atoms with E-state index in [1.165, 1.54) is 6.92 Å². The van der Waals surface area contributed by atoms with Gasteiger partial charge in [0.25, 0.3) is 0 Å². The van der Waals surface area contributed by atoms with Gasteiger partial charge in [0.1, 0.15) is 17.8 Å². The molecule has 2 N–H and O–H groups in total. The zero-order valence-electron chi connectivity index (χ0n) is 15.2. The van der Waals surface area contributed by atoms with Gasteiger partial charge in [-0.1, -0.05) is 18.2 Å². The second-order valence-corrected chi connectivity index (χ2v) is 5.77. The molecule has 25 heavy (non-hydrogen) atoms. The maximum atomic E-state index is 9.82. The lowest BCUT2D eigenvalue weighted by molar-refractivity contribution is -0.140. The summed E-state index contributed by atoms with van der Waals surface area (Å²) >= 11 is 0. The molecule has 0 aliphatic rings. The standard InChI is InChI=1S/C14H17N5.C4H8O2/c1-19(2)8-7-15-13-12-10-5-3-4-6-11(10)18-14(12)17-9-16-13;1-3-6-4(2)5/h3-6,9H,7-8H2,1-2H3,(H2,15,16,17,18);3H2,1-2H3. The van der Waals surface area contributed by atoms with Crippen molar-refractivity contribution in [3.8, 4) is 0 Å². The Kier molecular flexibility index (Phi) is 6.71. The molecule has 1 aromatic carbocycles. The molecule has 0 atom stereocenters. The maximum absolute atomic E-state index is 9.82. The van der Waals surface area contributed by atoms with E-state index in [0.29, 0.717) is 6.61 Å². The fraction of sp³-hybridized carbons (Fsp3) is 0.389. The molecule has 2 heterocycles. The number of aromatic amines is 1. The summed E-state index contributed by atoms with van der Waals surface area (Å²) in [4.78, 5) is 23.9. The highest BCUT2D eigenvalue weighted by Crippen LogP contribution is 2.28. The van der Waals surface area contributed by atoms with Crippen molar-refractivity contribution in [1.29, 1.82) is 0 Å². The molecule has 0 aliphatic carbocycles. The van der Waals surface area contributed by atoms with E-state index in [9.17, 15) is 4.79 Å². The molecule has 3 aromatic rings. The van der Waals surface area contributed by atoms with Crippen LogP contribution in [0.5, 0.6) is 0 Å². The molecule has 0 spiro atoms. The molecule has 0 radical (unpaired) electrons. The number of H-pyrrole nitrogens is 1. The van der Waals surface area contributed by atoms with Gasteiger partial charge < -0.3 is 19.9 Å². The molecule has 7 heteroatoms. The van der Waals surface area contributed by atoms with Crippen molar-refractivity contribution in [3.63, 3.8) is 0 Å². The van der Waals surface area contributed by atoms with Gasteiger partial charge in [-0.25, -0.2) is 9.97 Å². The topological polar surface area (TPSA) is 83.1 Å². The minimum atomic E-state index is -0.211. The molecule has 7 nitrogen and oxygen atoms in total. The molecule has 2 aromatic heterocycles. The van der Waals surface area contributed by atoms with Crippen molar-refractivity contribution >= 4 is 33.7 Å². The zero-order valence-corrected chi connectivity index (χ0v) is 15.2. The number of aromatic nitrogens is 3. The number of hydrogen-bond acceptors (Lipinski definition) is 6. The van der Waals surface area contributed by atoms with Gasteiger partial charge in [-0.3, -0.25) is 4.79 Å². The minimum absolute atomic E-state index is 0.211. The van der Waals surface area contributed by atoms with Crippen LogP contribution < -0.4 is 5.32 Å². The van der Waals surface area contributed by atoms with Crippen LogP contribution in [0.1, 0.15) is 13.8 Å². The summed E-state index contributed by atoms with van der Waals surface area (Å²) in [7, 11) is 4.12. The highest BCUT2D eigenvalue weighted by atomic mass is 16.5. The molecular formula is C18H25N5O2. The average Bonchev–Trinajstić information content (AvgIpc) is 2.94. The summed E-state index contributed by atoms with van der Waals surface area (Å²) in [5, 5.41) is 5.61. The van der Waals surface area contributed by atoms with Crippen LogP contribution in [0.2, 0.25) is 0 Å². The van der Waals surface area contributed by atoms with Crippen LogP contribution >= 0.6 is 0 Å². The number of hydrogen-bond donors (Lipinski definition) is 2. The largest absolute Gasteiger partial charge is 0.466 e. The van der Waals surface area contributed by atoms with Crippen LogP contribution in [0.25, 0.3) is 21.9 Å². The first-order chi connectivity index (χ1) is 12.0. The van der Waals surface area contributed by atoms with Gasteiger partial charge in [-0.2, -0.15) is 0 Å². The summed E-state index contributed by atoms with van der Waals surface area (Å²) in [6, 6.07) is 8.20. The summed E-state index contributed by atoms with van der Waals surface area (Å²) in [5.41, 5.74) is 1.97. The first-order valence-corrected chi connectivity index (χ1v) is 8.26. The summed E-state index contributed by atoms with van der Waals surface area (Å²) in [6.45, 7) is 5.48. The number of carbonyl (C=O) groups excluding carboxylic acids is 1. The molecule has 0 bridgehead atoms. The number of para-hydroxylation sites is 1. The first kappa shape index (κ1) is 18.7. The van der Waals surface area contributed by atoms with Gasteiger partial charge in [0.15, 0.2) is 0 Å². The van der Waals surface area contributed by atoms with E-state index in [-0.39, 0.29) is 5.97 Å². The lowest BCUT2D eigenvalue weighted by Gasteiger charge is -2.11. The zero-order chi connectivity index (χ0) is 18.2. The van der Waals surface area contributed by atoms with Crippen LogP contribution in [0, 0.1) is 0 Å². The Morgan fingerprint density at radius 2 is 2.04 bits per heavy atom. The molecule has 0 fully saturated rings. The number of ether oxygens (including phenoxy) is 1. The monoisotopic (exact) mass is 343 g/mol. The second kappa shape index (κ2) is 8.98. The molecule has 134 valence electrons. The molecule has 0 saturated heterocycles. The summed E-state index contributed by atoms with van der Waals surface area (Å²) in [5.74, 6) is 0.682. The number of esters is 1. The van der Waals surface area contributed by atoms with Gasteiger partial charge in [0.05, 0.1) is 12.0 Å². The van der Waals surface area contributed by atoms with Gasteiger partial charge in [-0.05, 0) is 27.1 Å². The quantitative estimate of drug-likeness (QED) is 0.693. The van der Waals surface area contributed by atoms with E-state index in [2.05, 4.69) is 56.1 Å². The molecule has 0 unspecified atom stereocenters. The van der Waals surface area contributed by atoms with E-state index in [0.717, 1.165) is 40.8 Å². The van der Waals surface area contributed by atoms with E-state index in [1.807, 2.05) is 12.1 Å². The van der Waals surface area contributed by atoms with Crippen molar-refractivity contribution < 1.29 is 9.53 Å². The van der Waals surface area contributed by atoms with Crippen molar-refractivity contribution in [2.45, 2.75) is 13.8 Å². The van der Waals surface area contributed by atoms with Gasteiger partial charge in [-0.15, -0.1) is 0 Å². The maximum Gasteiger partial charge on any atom is 0.302 e. The molecule has 0 amide bonds. The van der Waals surface area contributed by atoms with E-state index < -0.39 is 0 Å². The number of rotatable bonds is 5. The normalized spacial score (nSPS) is 10.6. The Morgan fingerprint density at radius 1 is 1.28 bits per heavy atom. The van der Waals surface area contributed by atoms with Crippen LogP contribution in [0.3, 0.4) is 0 Å². The predicted octanol–water partition coefficient (Wildman–Crippen LogP) is 2.65. The number of likely N-dealkylation sites (N-methyl/N-ethyl adjacent to an activating group) is 1. The number of benzene rings is 1. The Hall–Kier alpha value is -2.67. The van der Waals surface area contributed by atoms with Gasteiger partial charge in [0.2, 0.25) is 0 Å². The lowest BCUT2D eigenvalue weighted by Crippen LogP contribution is -2.21. The Balaban J connectivity index is 0.000000326. The lowest BCUT2D eigenvalue weighted by atomic mass is 10.2. The Bertz CT molecular complexity index is 829. The van der Waals surface area contributed by atoms with Crippen molar-refractivity contribution in [2.24, 2.45) is 0 Å². The Labute approximate surface area is 147 Å². The van der Waals surface area contributed by atoms with Crippen LogP contribution in [-0.2, 0) is 9.53 Å². The molecule has 0 aliphatic heterocycles. The highest BCUT2D eigenvalue weighted by Gasteiger charge is 2.10. The van der Waals surface area contributed by atoms with Gasteiger partial charge >= 0.3 is 5.97 Å². The molecule has 0 saturated carbocycles. The highest BCUT2D eigenvalue weighted by molar-refractivity contribution is 6.10. The first-order valence-electron chi connectivity index (χ1n) is 8.26. The SMILES string of the molecule is CCOC(C)=O.CN(C)CCNc1ncnc2[nH]c3ccccc3c12. The minimum Gasteiger partial charge on any atom is -0.466 e. The molecule has 3 rings (SSSR count). The third-order valence-electron chi connectivity index (χ3n) is 3.50. The average molecular weight is 343 g/mol. The number of nitrogens with one attached hydrogen (secondary N) is 2. The van der Waals surface area contributed by atoms with Crippen LogP contribution in [-0.4, -0.2) is 59.6 Å². The fourth-order valence-corrected chi connectivity index (χ4v) is 2.41. The van der Waals surface area contributed by atoms with Crippen molar-refractivity contribution in [1.82, 2.24) is 19.9 Å². The third kappa shape index (κ3) is 5.15. The second-order valence-electron chi connectivity index (χ2n) is 5.77. The predicted molar refractivity (Wildman–Crippen MR) is 101 cm³/mol. The van der Waals surface area contributed by atoms with E-state index in [4.69, 9.17) is 0 Å². The van der Waals surface area contributed by atoms with Gasteiger partial charge in [0, 0.05) is 30.9 Å². The smallest absolute Gasteiger partial charge is 0.302 e. The molecular weight excluding hydrogens is 318 g/mol. The fourth-order valence-electron chi connectivity index (χ4n) is 2.41. The van der Waals surface area contributed by atoms with Crippen molar-refractivity contribution in [2.75, 3.05) is 39.1 Å². The number of anilines is 1. The van der Waals surface area contributed by atoms with E-state index in [1.54, 1.807) is 13.3 Å². The van der Waals surface area contributed by atoms with Crippen LogP contribution in [0.15, 0.2) is 30.6 Å². The Morgan fingerprint density at radius 3 is 2.68 bits per heavy atom. The van der Waals surface area contributed by atoms with Crippen molar-refractivity contribution in [3.05, 3.63) is 30.6 Å². The van der Waals surface area contributed by atoms with E-state index >= 15 is 0 Å². The number of fused-ring (bicyclic) bond motifs is 3.